The molecule has 0 atom stereocenters. The van der Waals surface area contributed by atoms with Gasteiger partial charge >= 0.3 is 0 Å². The summed E-state index contributed by atoms with van der Waals surface area (Å²) in [6.45, 7) is 6.57. The van der Waals surface area contributed by atoms with Gasteiger partial charge < -0.3 is 20.7 Å². The van der Waals surface area contributed by atoms with E-state index in [1.165, 1.54) is 0 Å². The zero-order chi connectivity index (χ0) is 13.2. The van der Waals surface area contributed by atoms with E-state index in [0.29, 0.717) is 24.0 Å². The molecule has 0 aliphatic heterocycles. The predicted octanol–water partition coefficient (Wildman–Crippen LogP) is 0.967. The van der Waals surface area contributed by atoms with Crippen LogP contribution >= 0.6 is 0 Å². The van der Waals surface area contributed by atoms with E-state index >= 15 is 0 Å². The number of imidazole rings is 1. The molecule has 0 aromatic carbocycles. The molecule has 0 saturated carbocycles. The molecular formula is C11H18N6O. The van der Waals surface area contributed by atoms with Gasteiger partial charge in [0.05, 0.1) is 11.9 Å². The Hall–Kier alpha value is -1.89. The zero-order valence-corrected chi connectivity index (χ0v) is 10.8. The summed E-state index contributed by atoms with van der Waals surface area (Å²) in [6, 6.07) is 0. The van der Waals surface area contributed by atoms with Crippen molar-refractivity contribution in [1.82, 2.24) is 19.9 Å². The normalized spacial score (nSPS) is 11.8. The van der Waals surface area contributed by atoms with Crippen LogP contribution in [0.5, 0.6) is 0 Å². The molecule has 0 fully saturated rings. The summed E-state index contributed by atoms with van der Waals surface area (Å²) in [6.07, 6.45) is 1.57. The molecule has 0 bridgehead atoms. The number of fused-ring (bicyclic) bond motifs is 1. The number of nitrogens with one attached hydrogen (secondary N) is 3. The van der Waals surface area contributed by atoms with Gasteiger partial charge in [-0.1, -0.05) is 0 Å². The molecule has 2 heterocycles. The molecule has 7 nitrogen and oxygen atoms in total. The van der Waals surface area contributed by atoms with Gasteiger partial charge in [-0.05, 0) is 20.8 Å². The van der Waals surface area contributed by atoms with Gasteiger partial charge in [0.25, 0.3) is 0 Å². The minimum atomic E-state index is -0.810. The fraction of sp³-hybridized carbons (Fsp3) is 0.545. The Labute approximate surface area is 105 Å². The van der Waals surface area contributed by atoms with Crippen LogP contribution in [0.4, 0.5) is 11.8 Å². The Morgan fingerprint density at radius 2 is 2.11 bits per heavy atom. The van der Waals surface area contributed by atoms with Crippen molar-refractivity contribution in [2.24, 2.45) is 0 Å². The van der Waals surface area contributed by atoms with Gasteiger partial charge in [-0.2, -0.15) is 9.97 Å². The van der Waals surface area contributed by atoms with E-state index in [0.717, 1.165) is 12.1 Å². The molecule has 18 heavy (non-hydrogen) atoms. The van der Waals surface area contributed by atoms with Crippen molar-refractivity contribution in [3.05, 3.63) is 6.33 Å². The maximum Gasteiger partial charge on any atom is 0.226 e. The zero-order valence-electron chi connectivity index (χ0n) is 10.8. The Balaban J connectivity index is 2.31. The van der Waals surface area contributed by atoms with Crippen LogP contribution in [0.2, 0.25) is 0 Å². The molecule has 4 N–H and O–H groups in total. The van der Waals surface area contributed by atoms with Crippen LogP contribution in [0.15, 0.2) is 6.33 Å². The van der Waals surface area contributed by atoms with Crippen LogP contribution in [0.25, 0.3) is 11.2 Å². The molecule has 2 aromatic heterocycles. The highest BCUT2D eigenvalue weighted by molar-refractivity contribution is 5.83. The summed E-state index contributed by atoms with van der Waals surface area (Å²) < 4.78 is 0. The van der Waals surface area contributed by atoms with E-state index in [9.17, 15) is 5.11 Å². The molecule has 0 unspecified atom stereocenters. The summed E-state index contributed by atoms with van der Waals surface area (Å²) in [7, 11) is 0. The van der Waals surface area contributed by atoms with E-state index < -0.39 is 5.60 Å². The first-order chi connectivity index (χ1) is 8.49. The van der Waals surface area contributed by atoms with Crippen LogP contribution in [0.1, 0.15) is 20.8 Å². The number of H-pyrrole nitrogens is 1. The molecule has 0 amide bonds. The topological polar surface area (TPSA) is 98.8 Å². The molecule has 0 aliphatic carbocycles. The average molecular weight is 250 g/mol. The van der Waals surface area contributed by atoms with Gasteiger partial charge in [-0.15, -0.1) is 0 Å². The lowest BCUT2D eigenvalue weighted by Crippen LogP contribution is -2.29. The van der Waals surface area contributed by atoms with E-state index in [1.54, 1.807) is 20.2 Å². The molecule has 0 spiro atoms. The van der Waals surface area contributed by atoms with Gasteiger partial charge in [0.1, 0.15) is 5.52 Å². The van der Waals surface area contributed by atoms with Gasteiger partial charge in [0.2, 0.25) is 5.95 Å². The smallest absolute Gasteiger partial charge is 0.226 e. The minimum absolute atomic E-state index is 0.393. The Morgan fingerprint density at radius 3 is 2.78 bits per heavy atom. The van der Waals surface area contributed by atoms with Crippen LogP contribution < -0.4 is 10.6 Å². The van der Waals surface area contributed by atoms with Crippen LogP contribution in [-0.4, -0.2) is 43.7 Å². The van der Waals surface area contributed by atoms with Crippen molar-refractivity contribution >= 4 is 22.9 Å². The van der Waals surface area contributed by atoms with E-state index in [1.807, 2.05) is 6.92 Å². The largest absolute Gasteiger partial charge is 0.389 e. The molecule has 0 radical (unpaired) electrons. The van der Waals surface area contributed by atoms with Crippen LogP contribution in [0, 0.1) is 0 Å². The summed E-state index contributed by atoms with van der Waals surface area (Å²) in [5.41, 5.74) is 0.524. The molecule has 0 saturated heterocycles. The summed E-state index contributed by atoms with van der Waals surface area (Å²) in [5, 5.41) is 15.9. The number of rotatable bonds is 5. The first-order valence-corrected chi connectivity index (χ1v) is 5.91. The third kappa shape index (κ3) is 2.86. The average Bonchev–Trinajstić information content (AvgIpc) is 2.73. The van der Waals surface area contributed by atoms with Crippen LogP contribution in [-0.2, 0) is 0 Å². The predicted molar refractivity (Wildman–Crippen MR) is 70.6 cm³/mol. The number of hydrogen-bond acceptors (Lipinski definition) is 6. The van der Waals surface area contributed by atoms with Crippen LogP contribution in [0.3, 0.4) is 0 Å². The quantitative estimate of drug-likeness (QED) is 0.631. The highest BCUT2D eigenvalue weighted by Gasteiger charge is 2.15. The highest BCUT2D eigenvalue weighted by atomic mass is 16.3. The first kappa shape index (κ1) is 12.6. The minimum Gasteiger partial charge on any atom is -0.389 e. The van der Waals surface area contributed by atoms with Gasteiger partial charge in [-0.25, -0.2) is 4.98 Å². The third-order valence-corrected chi connectivity index (χ3v) is 2.31. The summed E-state index contributed by atoms with van der Waals surface area (Å²) >= 11 is 0. The number of nitrogens with zero attached hydrogens (tertiary/aromatic N) is 3. The fourth-order valence-electron chi connectivity index (χ4n) is 1.50. The van der Waals surface area contributed by atoms with Crippen molar-refractivity contribution in [3.63, 3.8) is 0 Å². The second kappa shape index (κ2) is 4.77. The third-order valence-electron chi connectivity index (χ3n) is 2.31. The van der Waals surface area contributed by atoms with E-state index in [2.05, 4.69) is 30.6 Å². The lowest BCUT2D eigenvalue weighted by Gasteiger charge is -2.18. The number of aromatic nitrogens is 4. The van der Waals surface area contributed by atoms with E-state index in [4.69, 9.17) is 0 Å². The van der Waals surface area contributed by atoms with Crippen molar-refractivity contribution < 1.29 is 5.11 Å². The first-order valence-electron chi connectivity index (χ1n) is 5.91. The summed E-state index contributed by atoms with van der Waals surface area (Å²) in [5.74, 6) is 1.16. The second-order valence-electron chi connectivity index (χ2n) is 4.69. The lowest BCUT2D eigenvalue weighted by molar-refractivity contribution is 0.0944. The van der Waals surface area contributed by atoms with Crippen molar-refractivity contribution in [2.75, 3.05) is 23.7 Å². The number of hydrogen-bond donors (Lipinski definition) is 4. The van der Waals surface area contributed by atoms with Gasteiger partial charge in [0.15, 0.2) is 11.5 Å². The molecular weight excluding hydrogens is 232 g/mol. The Bertz CT molecular complexity index is 530. The lowest BCUT2D eigenvalue weighted by atomic mass is 10.1. The molecule has 98 valence electrons. The number of aromatic amines is 1. The highest BCUT2D eigenvalue weighted by Crippen LogP contribution is 2.19. The Morgan fingerprint density at radius 1 is 1.33 bits per heavy atom. The van der Waals surface area contributed by atoms with Crippen molar-refractivity contribution in [2.45, 2.75) is 26.4 Å². The van der Waals surface area contributed by atoms with Crippen molar-refractivity contribution in [3.8, 4) is 0 Å². The molecule has 0 aliphatic rings. The second-order valence-corrected chi connectivity index (χ2v) is 4.69. The van der Waals surface area contributed by atoms with E-state index in [-0.39, 0.29) is 0 Å². The molecule has 7 heteroatoms. The number of aliphatic hydroxyl groups is 1. The molecule has 2 aromatic rings. The molecule has 2 rings (SSSR count). The maximum atomic E-state index is 9.73. The summed E-state index contributed by atoms with van der Waals surface area (Å²) in [4.78, 5) is 15.7. The standard InChI is InChI=1S/C11H18N6O/c1-4-12-10-16-8(13-5-11(2,3)18)7-9(17-10)15-6-14-7/h6,18H,4-5H2,1-3H3,(H3,12,13,14,15,16,17). The maximum absolute atomic E-state index is 9.73. The van der Waals surface area contributed by atoms with Crippen molar-refractivity contribution in [1.29, 1.82) is 0 Å². The monoisotopic (exact) mass is 250 g/mol. The number of anilines is 2. The van der Waals surface area contributed by atoms with Gasteiger partial charge in [-0.3, -0.25) is 0 Å². The SMILES string of the molecule is CCNc1nc(NCC(C)(C)O)c2[nH]cnc2n1. The fourth-order valence-corrected chi connectivity index (χ4v) is 1.50. The Kier molecular flexibility index (Phi) is 3.33. The van der Waals surface area contributed by atoms with Gasteiger partial charge in [0, 0.05) is 13.1 Å².